The molecule has 18 heavy (non-hydrogen) atoms. The molecule has 1 aromatic rings. The van der Waals surface area contributed by atoms with Gasteiger partial charge in [0.05, 0.1) is 0 Å². The average molecular weight is 243 g/mol. The summed E-state index contributed by atoms with van der Waals surface area (Å²) in [7, 11) is 0. The first-order valence-electron chi connectivity index (χ1n) is 6.70. The van der Waals surface area contributed by atoms with E-state index in [1.165, 1.54) is 5.56 Å². The van der Waals surface area contributed by atoms with Crippen molar-refractivity contribution in [1.82, 2.24) is 4.90 Å². The lowest BCUT2D eigenvalue weighted by atomic mass is 9.95. The number of rotatable bonds is 4. The van der Waals surface area contributed by atoms with Crippen LogP contribution in [0.15, 0.2) is 36.4 Å². The summed E-state index contributed by atoms with van der Waals surface area (Å²) >= 11 is 0. The third-order valence-electron chi connectivity index (χ3n) is 3.55. The number of hydrogen-bond acceptors (Lipinski definition) is 2. The Bertz CT molecular complexity index is 410. The Kier molecular flexibility index (Phi) is 4.71. The third kappa shape index (κ3) is 3.81. The fraction of sp³-hybridized carbons (Fsp3) is 0.438. The normalized spacial score (nSPS) is 21.3. The maximum Gasteiger partial charge on any atom is 0.134 e. The molecule has 1 unspecified atom stereocenters. The van der Waals surface area contributed by atoms with Gasteiger partial charge in [0.2, 0.25) is 0 Å². The van der Waals surface area contributed by atoms with E-state index in [2.05, 4.69) is 29.2 Å². The summed E-state index contributed by atoms with van der Waals surface area (Å²) in [5.74, 6) is 0.593. The molecule has 0 aliphatic carbocycles. The number of carbonyl (C=O) groups excluding carboxylic acids is 1. The zero-order valence-electron chi connectivity index (χ0n) is 11.0. The number of hydrogen-bond donors (Lipinski definition) is 0. The van der Waals surface area contributed by atoms with Gasteiger partial charge in [-0.3, -0.25) is 9.69 Å². The molecule has 0 bridgehead atoms. The Labute approximate surface area is 109 Å². The molecule has 0 amide bonds. The maximum atomic E-state index is 11.4. The van der Waals surface area contributed by atoms with Crippen LogP contribution in [0.3, 0.4) is 0 Å². The Balaban J connectivity index is 1.83. The highest BCUT2D eigenvalue weighted by molar-refractivity contribution is 5.78. The van der Waals surface area contributed by atoms with Crippen LogP contribution in [0.5, 0.6) is 0 Å². The van der Waals surface area contributed by atoms with Gasteiger partial charge in [0.25, 0.3) is 0 Å². The van der Waals surface area contributed by atoms with Gasteiger partial charge in [-0.2, -0.15) is 0 Å². The van der Waals surface area contributed by atoms with Crippen LogP contribution in [-0.2, 0) is 4.79 Å². The predicted octanol–water partition coefficient (Wildman–Crippen LogP) is 3.00. The summed E-state index contributed by atoms with van der Waals surface area (Å²) in [6, 6.07) is 10.3. The highest BCUT2D eigenvalue weighted by Crippen LogP contribution is 2.17. The highest BCUT2D eigenvalue weighted by Gasteiger charge is 2.21. The lowest BCUT2D eigenvalue weighted by Gasteiger charge is -2.30. The average Bonchev–Trinajstić information content (AvgIpc) is 2.40. The SMILES string of the molecule is CC(=O)C1CCCN(CC=Cc2ccccc2)C1. The minimum Gasteiger partial charge on any atom is -0.300 e. The molecule has 0 saturated carbocycles. The minimum absolute atomic E-state index is 0.254. The summed E-state index contributed by atoms with van der Waals surface area (Å²) < 4.78 is 0. The van der Waals surface area contributed by atoms with E-state index in [1.54, 1.807) is 6.92 Å². The van der Waals surface area contributed by atoms with Crippen molar-refractivity contribution in [3.8, 4) is 0 Å². The largest absolute Gasteiger partial charge is 0.300 e. The Morgan fingerprint density at radius 3 is 2.89 bits per heavy atom. The van der Waals surface area contributed by atoms with Gasteiger partial charge in [-0.1, -0.05) is 42.5 Å². The zero-order chi connectivity index (χ0) is 12.8. The Hall–Kier alpha value is -1.41. The summed E-state index contributed by atoms with van der Waals surface area (Å²) in [6.45, 7) is 4.70. The Morgan fingerprint density at radius 1 is 1.39 bits per heavy atom. The van der Waals surface area contributed by atoms with Crippen LogP contribution in [0.2, 0.25) is 0 Å². The second-order valence-electron chi connectivity index (χ2n) is 5.02. The first-order chi connectivity index (χ1) is 8.75. The van der Waals surface area contributed by atoms with Crippen molar-refractivity contribution >= 4 is 11.9 Å². The van der Waals surface area contributed by atoms with Gasteiger partial charge in [0, 0.05) is 19.0 Å². The smallest absolute Gasteiger partial charge is 0.134 e. The van der Waals surface area contributed by atoms with Gasteiger partial charge in [-0.15, -0.1) is 0 Å². The van der Waals surface area contributed by atoms with Crippen LogP contribution < -0.4 is 0 Å². The fourth-order valence-electron chi connectivity index (χ4n) is 2.46. The van der Waals surface area contributed by atoms with Crippen molar-refractivity contribution in [2.24, 2.45) is 5.92 Å². The molecule has 1 aliphatic rings. The molecule has 1 heterocycles. The first-order valence-corrected chi connectivity index (χ1v) is 6.70. The second kappa shape index (κ2) is 6.50. The molecule has 2 rings (SSSR count). The first kappa shape index (κ1) is 13.0. The molecule has 0 N–H and O–H groups in total. The molecule has 1 atom stereocenters. The van der Waals surface area contributed by atoms with Crippen LogP contribution in [0.25, 0.3) is 6.08 Å². The molecule has 1 aliphatic heterocycles. The van der Waals surface area contributed by atoms with Crippen molar-refractivity contribution in [2.75, 3.05) is 19.6 Å². The summed E-state index contributed by atoms with van der Waals surface area (Å²) in [5.41, 5.74) is 1.23. The monoisotopic (exact) mass is 243 g/mol. The van der Waals surface area contributed by atoms with Gasteiger partial charge in [0.1, 0.15) is 5.78 Å². The lowest BCUT2D eigenvalue weighted by molar-refractivity contribution is -0.122. The standard InChI is InChI=1S/C16H21NO/c1-14(18)16-10-6-12-17(13-16)11-5-9-15-7-3-2-4-8-15/h2-5,7-9,16H,6,10-13H2,1H3. The van der Waals surface area contributed by atoms with Gasteiger partial charge >= 0.3 is 0 Å². The number of Topliss-reactive ketones (excluding diaryl/α,β-unsaturated/α-hetero) is 1. The van der Waals surface area contributed by atoms with E-state index in [9.17, 15) is 4.79 Å². The molecule has 96 valence electrons. The lowest BCUT2D eigenvalue weighted by Crippen LogP contribution is -2.38. The fourth-order valence-corrected chi connectivity index (χ4v) is 2.46. The number of benzene rings is 1. The van der Waals surface area contributed by atoms with Crippen molar-refractivity contribution in [3.63, 3.8) is 0 Å². The number of nitrogens with zero attached hydrogens (tertiary/aromatic N) is 1. The molecular weight excluding hydrogens is 222 g/mol. The topological polar surface area (TPSA) is 20.3 Å². The van der Waals surface area contributed by atoms with E-state index in [0.29, 0.717) is 5.78 Å². The van der Waals surface area contributed by atoms with Gasteiger partial charge < -0.3 is 0 Å². The third-order valence-corrected chi connectivity index (χ3v) is 3.55. The van der Waals surface area contributed by atoms with Crippen LogP contribution in [0.1, 0.15) is 25.3 Å². The molecule has 0 aromatic heterocycles. The predicted molar refractivity (Wildman–Crippen MR) is 75.3 cm³/mol. The van der Waals surface area contributed by atoms with Gasteiger partial charge in [-0.05, 0) is 31.9 Å². The molecule has 0 spiro atoms. The van der Waals surface area contributed by atoms with Crippen molar-refractivity contribution < 1.29 is 4.79 Å². The van der Waals surface area contributed by atoms with E-state index in [0.717, 1.165) is 32.5 Å². The van der Waals surface area contributed by atoms with Gasteiger partial charge in [0.15, 0.2) is 0 Å². The van der Waals surface area contributed by atoms with Crippen LogP contribution in [-0.4, -0.2) is 30.3 Å². The molecular formula is C16H21NO. The maximum absolute atomic E-state index is 11.4. The van der Waals surface area contributed by atoms with Crippen LogP contribution in [0.4, 0.5) is 0 Å². The van der Waals surface area contributed by atoms with Gasteiger partial charge in [-0.25, -0.2) is 0 Å². The van der Waals surface area contributed by atoms with E-state index < -0.39 is 0 Å². The zero-order valence-corrected chi connectivity index (χ0v) is 11.0. The quantitative estimate of drug-likeness (QED) is 0.810. The minimum atomic E-state index is 0.254. The molecule has 2 nitrogen and oxygen atoms in total. The van der Waals surface area contributed by atoms with Crippen LogP contribution in [0, 0.1) is 5.92 Å². The Morgan fingerprint density at radius 2 is 2.17 bits per heavy atom. The summed E-state index contributed by atoms with van der Waals surface area (Å²) in [5, 5.41) is 0. The molecule has 1 fully saturated rings. The van der Waals surface area contributed by atoms with Crippen molar-refractivity contribution in [1.29, 1.82) is 0 Å². The van der Waals surface area contributed by atoms with E-state index in [-0.39, 0.29) is 5.92 Å². The van der Waals surface area contributed by atoms with Crippen molar-refractivity contribution in [2.45, 2.75) is 19.8 Å². The van der Waals surface area contributed by atoms with Crippen molar-refractivity contribution in [3.05, 3.63) is 42.0 Å². The molecule has 1 aromatic carbocycles. The molecule has 1 saturated heterocycles. The number of ketones is 1. The highest BCUT2D eigenvalue weighted by atomic mass is 16.1. The summed E-state index contributed by atoms with van der Waals surface area (Å²) in [6.07, 6.45) is 6.55. The van der Waals surface area contributed by atoms with Crippen LogP contribution >= 0.6 is 0 Å². The summed E-state index contributed by atoms with van der Waals surface area (Å²) in [4.78, 5) is 13.8. The van der Waals surface area contributed by atoms with E-state index >= 15 is 0 Å². The number of likely N-dealkylation sites (tertiary alicyclic amines) is 1. The molecule has 2 heteroatoms. The van der Waals surface area contributed by atoms with E-state index in [4.69, 9.17) is 0 Å². The molecule has 0 radical (unpaired) electrons. The second-order valence-corrected chi connectivity index (χ2v) is 5.02. The van der Waals surface area contributed by atoms with E-state index in [1.807, 2.05) is 18.2 Å². The number of piperidine rings is 1. The number of carbonyl (C=O) groups is 1.